The standard InChI is InChI=1S/C50H95N2O6P/c1-6-8-10-12-14-16-18-20-22-24-25-26-27-28-30-32-34-36-38-40-42-44-50(54)51-48(47-58-59(55,56)57-46-45-52(3,4)5)49(53)43-41-39-37-35-33-31-29-23-21-19-17-15-13-11-9-7-2/h21,23-25,33,35,41,43,48-49,53H,6-20,22,26-32,34,36-40,42,44-47H2,1-5H3,(H-,51,54,55,56)/b23-21+,25-24-,35-33+,43-41+. The summed E-state index contributed by atoms with van der Waals surface area (Å²) >= 11 is 0. The molecule has 3 atom stereocenters. The van der Waals surface area contributed by atoms with E-state index in [2.05, 4.69) is 55.6 Å². The molecule has 0 fully saturated rings. The average molecular weight is 851 g/mol. The van der Waals surface area contributed by atoms with Crippen LogP contribution in [0.3, 0.4) is 0 Å². The van der Waals surface area contributed by atoms with Gasteiger partial charge in [-0.15, -0.1) is 0 Å². The molecule has 3 unspecified atom stereocenters. The SMILES string of the molecule is CCCCCCCC/C=C/CC/C=C/CC/C=C/C(O)C(COP(=O)([O-])OCC[N+](C)(C)C)NC(=O)CCCCCCCCCCC/C=C\CCCCCCCCCC. The van der Waals surface area contributed by atoms with Crippen molar-refractivity contribution in [2.24, 2.45) is 0 Å². The molecule has 0 aliphatic heterocycles. The summed E-state index contributed by atoms with van der Waals surface area (Å²) in [5.74, 6) is -0.214. The summed E-state index contributed by atoms with van der Waals surface area (Å²) in [6.45, 7) is 4.61. The number of phosphoric acid groups is 1. The number of nitrogens with one attached hydrogen (secondary N) is 1. The van der Waals surface area contributed by atoms with Crippen LogP contribution in [0.5, 0.6) is 0 Å². The lowest BCUT2D eigenvalue weighted by Gasteiger charge is -2.29. The number of hydrogen-bond donors (Lipinski definition) is 2. The van der Waals surface area contributed by atoms with E-state index in [9.17, 15) is 19.4 Å². The van der Waals surface area contributed by atoms with Gasteiger partial charge in [-0.1, -0.05) is 184 Å². The Morgan fingerprint density at radius 1 is 0.576 bits per heavy atom. The van der Waals surface area contributed by atoms with Crippen LogP contribution in [0.4, 0.5) is 0 Å². The molecule has 0 rings (SSSR count). The number of phosphoric ester groups is 1. The lowest BCUT2D eigenvalue weighted by Crippen LogP contribution is -2.45. The summed E-state index contributed by atoms with van der Waals surface area (Å²) in [5.41, 5.74) is 0. The van der Waals surface area contributed by atoms with Gasteiger partial charge < -0.3 is 28.8 Å². The summed E-state index contributed by atoms with van der Waals surface area (Å²) in [5, 5.41) is 13.8. The molecule has 8 nitrogen and oxygen atoms in total. The van der Waals surface area contributed by atoms with Crippen LogP contribution < -0.4 is 10.2 Å². The second-order valence-corrected chi connectivity index (χ2v) is 19.2. The highest BCUT2D eigenvalue weighted by atomic mass is 31.2. The monoisotopic (exact) mass is 851 g/mol. The molecule has 0 radical (unpaired) electrons. The van der Waals surface area contributed by atoms with E-state index in [0.29, 0.717) is 17.4 Å². The molecule has 0 aromatic rings. The van der Waals surface area contributed by atoms with E-state index in [-0.39, 0.29) is 12.5 Å². The topological polar surface area (TPSA) is 108 Å². The van der Waals surface area contributed by atoms with Gasteiger partial charge in [0.25, 0.3) is 7.82 Å². The van der Waals surface area contributed by atoms with Gasteiger partial charge in [-0.05, 0) is 70.6 Å². The maximum absolute atomic E-state index is 12.9. The fourth-order valence-corrected chi connectivity index (χ4v) is 7.55. The third-order valence-corrected chi connectivity index (χ3v) is 11.7. The minimum atomic E-state index is -4.60. The summed E-state index contributed by atoms with van der Waals surface area (Å²) in [6.07, 6.45) is 53.1. The molecule has 0 saturated carbocycles. The lowest BCUT2D eigenvalue weighted by molar-refractivity contribution is -0.870. The van der Waals surface area contributed by atoms with Gasteiger partial charge in [-0.2, -0.15) is 0 Å². The molecule has 0 aromatic carbocycles. The Balaban J connectivity index is 4.39. The Labute approximate surface area is 365 Å². The van der Waals surface area contributed by atoms with E-state index in [1.54, 1.807) is 6.08 Å². The fraction of sp³-hybridized carbons (Fsp3) is 0.820. The van der Waals surface area contributed by atoms with Gasteiger partial charge in [0, 0.05) is 6.42 Å². The first-order valence-electron chi connectivity index (χ1n) is 24.5. The molecule has 0 aromatic heterocycles. The van der Waals surface area contributed by atoms with Crippen LogP contribution in [0.15, 0.2) is 48.6 Å². The summed E-state index contributed by atoms with van der Waals surface area (Å²) in [4.78, 5) is 25.4. The quantitative estimate of drug-likeness (QED) is 0.0274. The van der Waals surface area contributed by atoms with E-state index in [4.69, 9.17) is 9.05 Å². The number of aliphatic hydroxyl groups is 1. The number of aliphatic hydroxyl groups excluding tert-OH is 1. The molecule has 9 heteroatoms. The Bertz CT molecular complexity index is 1100. The maximum atomic E-state index is 12.9. The van der Waals surface area contributed by atoms with Gasteiger partial charge in [-0.25, -0.2) is 0 Å². The Morgan fingerprint density at radius 2 is 0.949 bits per heavy atom. The Kier molecular flexibility index (Phi) is 40.7. The minimum Gasteiger partial charge on any atom is -0.756 e. The van der Waals surface area contributed by atoms with Crippen molar-refractivity contribution < 1.29 is 32.9 Å². The third-order valence-electron chi connectivity index (χ3n) is 10.7. The second-order valence-electron chi connectivity index (χ2n) is 17.8. The molecular formula is C50H95N2O6P. The predicted octanol–water partition coefficient (Wildman–Crippen LogP) is 13.4. The van der Waals surface area contributed by atoms with Gasteiger partial charge in [0.15, 0.2) is 0 Å². The smallest absolute Gasteiger partial charge is 0.268 e. The van der Waals surface area contributed by atoms with Crippen LogP contribution in [0.2, 0.25) is 0 Å². The number of unbranched alkanes of at least 4 members (excludes halogenated alkanes) is 25. The molecule has 0 aliphatic rings. The van der Waals surface area contributed by atoms with Gasteiger partial charge in [-0.3, -0.25) is 9.36 Å². The van der Waals surface area contributed by atoms with Crippen LogP contribution in [-0.4, -0.2) is 68.5 Å². The molecule has 2 N–H and O–H groups in total. The number of amides is 1. The van der Waals surface area contributed by atoms with Crippen LogP contribution in [-0.2, 0) is 18.4 Å². The molecule has 0 heterocycles. The van der Waals surface area contributed by atoms with Gasteiger partial charge in [0.2, 0.25) is 5.91 Å². The largest absolute Gasteiger partial charge is 0.756 e. The van der Waals surface area contributed by atoms with Crippen LogP contribution >= 0.6 is 7.82 Å². The molecule has 59 heavy (non-hydrogen) atoms. The van der Waals surface area contributed by atoms with E-state index in [0.717, 1.165) is 44.9 Å². The molecule has 0 saturated heterocycles. The highest BCUT2D eigenvalue weighted by molar-refractivity contribution is 7.45. The molecule has 1 amide bonds. The van der Waals surface area contributed by atoms with E-state index < -0.39 is 26.6 Å². The van der Waals surface area contributed by atoms with Crippen molar-refractivity contribution in [3.05, 3.63) is 48.6 Å². The molecule has 346 valence electrons. The number of carbonyl (C=O) groups is 1. The first-order valence-corrected chi connectivity index (χ1v) is 26.0. The lowest BCUT2D eigenvalue weighted by atomic mass is 10.0. The van der Waals surface area contributed by atoms with Crippen molar-refractivity contribution >= 4 is 13.7 Å². The number of nitrogens with zero attached hydrogens (tertiary/aromatic N) is 1. The number of rotatable bonds is 44. The Morgan fingerprint density at radius 3 is 1.37 bits per heavy atom. The van der Waals surface area contributed by atoms with Gasteiger partial charge in [0.1, 0.15) is 13.2 Å². The van der Waals surface area contributed by atoms with E-state index in [1.165, 1.54) is 148 Å². The van der Waals surface area contributed by atoms with Crippen LogP contribution in [0.1, 0.15) is 213 Å². The summed E-state index contributed by atoms with van der Waals surface area (Å²) in [7, 11) is 1.23. The van der Waals surface area contributed by atoms with Crippen molar-refractivity contribution in [1.29, 1.82) is 0 Å². The number of hydrogen-bond acceptors (Lipinski definition) is 6. The van der Waals surface area contributed by atoms with Gasteiger partial charge >= 0.3 is 0 Å². The second kappa shape index (κ2) is 41.8. The van der Waals surface area contributed by atoms with Crippen molar-refractivity contribution in [3.63, 3.8) is 0 Å². The normalized spacial score (nSPS) is 14.6. The zero-order chi connectivity index (χ0) is 43.6. The number of allylic oxidation sites excluding steroid dienone is 7. The summed E-state index contributed by atoms with van der Waals surface area (Å²) in [6, 6.07) is -0.910. The van der Waals surface area contributed by atoms with E-state index in [1.807, 2.05) is 27.2 Å². The zero-order valence-electron chi connectivity index (χ0n) is 39.2. The number of quaternary nitrogens is 1. The maximum Gasteiger partial charge on any atom is 0.268 e. The molecule has 0 aliphatic carbocycles. The third kappa shape index (κ3) is 44.3. The van der Waals surface area contributed by atoms with Gasteiger partial charge in [0.05, 0.1) is 39.9 Å². The minimum absolute atomic E-state index is 0.0101. The van der Waals surface area contributed by atoms with Crippen LogP contribution in [0.25, 0.3) is 0 Å². The number of likely N-dealkylation sites (N-methyl/N-ethyl adjacent to an activating group) is 1. The average Bonchev–Trinajstić information content (AvgIpc) is 3.19. The Hall–Kier alpha value is -1.54. The molecule has 0 spiro atoms. The summed E-state index contributed by atoms with van der Waals surface area (Å²) < 4.78 is 23.2. The van der Waals surface area contributed by atoms with Crippen LogP contribution in [0, 0.1) is 0 Å². The zero-order valence-corrected chi connectivity index (χ0v) is 40.1. The highest BCUT2D eigenvalue weighted by Crippen LogP contribution is 2.38. The first kappa shape index (κ1) is 57.5. The van der Waals surface area contributed by atoms with Crippen molar-refractivity contribution in [1.82, 2.24) is 5.32 Å². The van der Waals surface area contributed by atoms with E-state index >= 15 is 0 Å². The number of carbonyl (C=O) groups excluding carboxylic acids is 1. The fourth-order valence-electron chi connectivity index (χ4n) is 6.83. The van der Waals surface area contributed by atoms with Crippen molar-refractivity contribution in [3.8, 4) is 0 Å². The van der Waals surface area contributed by atoms with Crippen molar-refractivity contribution in [2.45, 2.75) is 225 Å². The van der Waals surface area contributed by atoms with Crippen molar-refractivity contribution in [2.75, 3.05) is 40.9 Å². The molecular weight excluding hydrogens is 756 g/mol. The predicted molar refractivity (Wildman–Crippen MR) is 251 cm³/mol. The highest BCUT2D eigenvalue weighted by Gasteiger charge is 2.23. The first-order chi connectivity index (χ1) is 28.5. The molecule has 0 bridgehead atoms.